The van der Waals surface area contributed by atoms with Crippen LogP contribution in [0.1, 0.15) is 17.3 Å². The van der Waals surface area contributed by atoms with E-state index < -0.39 is 0 Å². The number of hydrogen-bond donors (Lipinski definition) is 0. The molecule has 0 heterocycles. The summed E-state index contributed by atoms with van der Waals surface area (Å²) in [5.74, 6) is 0.106. The summed E-state index contributed by atoms with van der Waals surface area (Å²) < 4.78 is 0. The van der Waals surface area contributed by atoms with Crippen molar-refractivity contribution in [3.8, 4) is 11.1 Å². The van der Waals surface area contributed by atoms with Gasteiger partial charge in [-0.1, -0.05) is 36.4 Å². The lowest BCUT2D eigenvalue weighted by Crippen LogP contribution is -1.90. The fourth-order valence-electron chi connectivity index (χ4n) is 1.70. The van der Waals surface area contributed by atoms with E-state index in [1.807, 2.05) is 24.3 Å². The van der Waals surface area contributed by atoms with E-state index in [0.717, 1.165) is 11.1 Å². The maximum absolute atomic E-state index is 11.2. The van der Waals surface area contributed by atoms with E-state index in [1.165, 1.54) is 10.5 Å². The van der Waals surface area contributed by atoms with E-state index >= 15 is 0 Å². The molecule has 0 atom stereocenters. The SMILES string of the molecule is CSc1cccc(-c2ccc(C(C)=O)cc2)c1. The van der Waals surface area contributed by atoms with Crippen molar-refractivity contribution in [3.63, 3.8) is 0 Å². The average Bonchev–Trinajstić information content (AvgIpc) is 2.39. The van der Waals surface area contributed by atoms with Crippen LogP contribution >= 0.6 is 11.8 Å². The minimum Gasteiger partial charge on any atom is -0.295 e. The van der Waals surface area contributed by atoms with Gasteiger partial charge in [0.25, 0.3) is 0 Å². The Kier molecular flexibility index (Phi) is 3.64. The highest BCUT2D eigenvalue weighted by Crippen LogP contribution is 2.24. The molecule has 0 fully saturated rings. The fourth-order valence-corrected chi connectivity index (χ4v) is 2.16. The van der Waals surface area contributed by atoms with Gasteiger partial charge in [0.1, 0.15) is 0 Å². The first-order valence-electron chi connectivity index (χ1n) is 5.46. The molecule has 0 saturated heterocycles. The Labute approximate surface area is 106 Å². The van der Waals surface area contributed by atoms with Gasteiger partial charge in [-0.25, -0.2) is 0 Å². The second-order valence-electron chi connectivity index (χ2n) is 3.87. The smallest absolute Gasteiger partial charge is 0.159 e. The van der Waals surface area contributed by atoms with Gasteiger partial charge in [-0.15, -0.1) is 11.8 Å². The van der Waals surface area contributed by atoms with Gasteiger partial charge in [0.2, 0.25) is 0 Å². The first-order chi connectivity index (χ1) is 8.20. The molecule has 0 aromatic heterocycles. The van der Waals surface area contributed by atoms with Gasteiger partial charge in [-0.3, -0.25) is 4.79 Å². The van der Waals surface area contributed by atoms with Crippen molar-refractivity contribution >= 4 is 17.5 Å². The molecule has 0 amide bonds. The fraction of sp³-hybridized carbons (Fsp3) is 0.133. The Bertz CT molecular complexity index is 529. The number of thioether (sulfide) groups is 1. The van der Waals surface area contributed by atoms with Crippen LogP contribution in [-0.2, 0) is 0 Å². The predicted octanol–water partition coefficient (Wildman–Crippen LogP) is 4.28. The van der Waals surface area contributed by atoms with Crippen LogP contribution in [-0.4, -0.2) is 12.0 Å². The second-order valence-corrected chi connectivity index (χ2v) is 4.75. The van der Waals surface area contributed by atoms with Crippen LogP contribution < -0.4 is 0 Å². The number of carbonyl (C=O) groups is 1. The highest BCUT2D eigenvalue weighted by molar-refractivity contribution is 7.98. The van der Waals surface area contributed by atoms with Crippen LogP contribution in [0.5, 0.6) is 0 Å². The zero-order valence-electron chi connectivity index (χ0n) is 9.94. The Balaban J connectivity index is 2.36. The molecule has 0 spiro atoms. The molecule has 2 aromatic rings. The summed E-state index contributed by atoms with van der Waals surface area (Å²) in [6, 6.07) is 16.1. The molecule has 1 nitrogen and oxygen atoms in total. The summed E-state index contributed by atoms with van der Waals surface area (Å²) in [5, 5.41) is 0. The summed E-state index contributed by atoms with van der Waals surface area (Å²) in [4.78, 5) is 12.4. The minimum atomic E-state index is 0.106. The molecule has 0 radical (unpaired) electrons. The van der Waals surface area contributed by atoms with Crippen LogP contribution in [0.15, 0.2) is 53.4 Å². The molecule has 86 valence electrons. The van der Waals surface area contributed by atoms with Crippen LogP contribution in [0.2, 0.25) is 0 Å². The zero-order valence-corrected chi connectivity index (χ0v) is 10.8. The molecule has 0 aliphatic rings. The van der Waals surface area contributed by atoms with Crippen molar-refractivity contribution in [1.82, 2.24) is 0 Å². The topological polar surface area (TPSA) is 17.1 Å². The lowest BCUT2D eigenvalue weighted by Gasteiger charge is -2.04. The summed E-state index contributed by atoms with van der Waals surface area (Å²) in [6.07, 6.45) is 2.07. The third kappa shape index (κ3) is 2.77. The maximum atomic E-state index is 11.2. The number of benzene rings is 2. The third-order valence-corrected chi connectivity index (χ3v) is 3.42. The van der Waals surface area contributed by atoms with Gasteiger partial charge >= 0.3 is 0 Å². The number of rotatable bonds is 3. The highest BCUT2D eigenvalue weighted by Gasteiger charge is 2.01. The van der Waals surface area contributed by atoms with Crippen molar-refractivity contribution in [2.24, 2.45) is 0 Å². The molecule has 0 aliphatic heterocycles. The third-order valence-electron chi connectivity index (χ3n) is 2.69. The van der Waals surface area contributed by atoms with Gasteiger partial charge in [-0.05, 0) is 36.4 Å². The highest BCUT2D eigenvalue weighted by atomic mass is 32.2. The summed E-state index contributed by atoms with van der Waals surface area (Å²) >= 11 is 1.73. The average molecular weight is 242 g/mol. The van der Waals surface area contributed by atoms with E-state index in [9.17, 15) is 4.79 Å². The molecule has 0 unspecified atom stereocenters. The van der Waals surface area contributed by atoms with Gasteiger partial charge < -0.3 is 0 Å². The Morgan fingerprint density at radius 2 is 1.71 bits per heavy atom. The Morgan fingerprint density at radius 1 is 1.00 bits per heavy atom. The van der Waals surface area contributed by atoms with Gasteiger partial charge in [-0.2, -0.15) is 0 Å². The molecule has 17 heavy (non-hydrogen) atoms. The van der Waals surface area contributed by atoms with E-state index in [2.05, 4.69) is 30.5 Å². The van der Waals surface area contributed by atoms with Gasteiger partial charge in [0, 0.05) is 10.5 Å². The quantitative estimate of drug-likeness (QED) is 0.590. The van der Waals surface area contributed by atoms with Crippen molar-refractivity contribution < 1.29 is 4.79 Å². The maximum Gasteiger partial charge on any atom is 0.159 e. The molecule has 0 N–H and O–H groups in total. The molecular formula is C15H14OS. The largest absolute Gasteiger partial charge is 0.295 e. The van der Waals surface area contributed by atoms with Crippen molar-refractivity contribution in [2.45, 2.75) is 11.8 Å². The lowest BCUT2D eigenvalue weighted by molar-refractivity contribution is 0.101. The molecule has 0 bridgehead atoms. The van der Waals surface area contributed by atoms with Crippen molar-refractivity contribution in [1.29, 1.82) is 0 Å². The lowest BCUT2D eigenvalue weighted by atomic mass is 10.0. The van der Waals surface area contributed by atoms with Crippen LogP contribution in [0.3, 0.4) is 0 Å². The predicted molar refractivity (Wildman–Crippen MR) is 73.7 cm³/mol. The van der Waals surface area contributed by atoms with Crippen molar-refractivity contribution in [3.05, 3.63) is 54.1 Å². The number of carbonyl (C=O) groups excluding carboxylic acids is 1. The molecule has 0 aliphatic carbocycles. The standard InChI is InChI=1S/C15H14OS/c1-11(16)12-6-8-13(9-7-12)14-4-3-5-15(10-14)17-2/h3-10H,1-2H3. The zero-order chi connectivity index (χ0) is 12.3. The van der Waals surface area contributed by atoms with Crippen molar-refractivity contribution in [2.75, 3.05) is 6.26 Å². The van der Waals surface area contributed by atoms with E-state index in [0.29, 0.717) is 0 Å². The molecule has 2 aromatic carbocycles. The first kappa shape index (κ1) is 11.9. The summed E-state index contributed by atoms with van der Waals surface area (Å²) in [7, 11) is 0. The summed E-state index contributed by atoms with van der Waals surface area (Å²) in [5.41, 5.74) is 3.09. The number of Topliss-reactive ketones (excluding diaryl/α,β-unsaturated/α-hetero) is 1. The monoisotopic (exact) mass is 242 g/mol. The molecule has 2 heteroatoms. The van der Waals surface area contributed by atoms with E-state index in [-0.39, 0.29) is 5.78 Å². The molecule has 2 rings (SSSR count). The second kappa shape index (κ2) is 5.19. The normalized spacial score (nSPS) is 10.2. The van der Waals surface area contributed by atoms with Gasteiger partial charge in [0.05, 0.1) is 0 Å². The summed E-state index contributed by atoms with van der Waals surface area (Å²) in [6.45, 7) is 1.59. The first-order valence-corrected chi connectivity index (χ1v) is 6.68. The minimum absolute atomic E-state index is 0.106. The Morgan fingerprint density at radius 3 is 2.29 bits per heavy atom. The molecule has 0 saturated carbocycles. The van der Waals surface area contributed by atoms with Crippen LogP contribution in [0, 0.1) is 0 Å². The van der Waals surface area contributed by atoms with E-state index in [1.54, 1.807) is 18.7 Å². The number of ketones is 1. The van der Waals surface area contributed by atoms with Crippen LogP contribution in [0.25, 0.3) is 11.1 Å². The van der Waals surface area contributed by atoms with Gasteiger partial charge in [0.15, 0.2) is 5.78 Å². The Hall–Kier alpha value is -1.54. The van der Waals surface area contributed by atoms with Crippen LogP contribution in [0.4, 0.5) is 0 Å². The molecular weight excluding hydrogens is 228 g/mol. The van der Waals surface area contributed by atoms with E-state index in [4.69, 9.17) is 0 Å². The number of hydrogen-bond acceptors (Lipinski definition) is 2.